The van der Waals surface area contributed by atoms with E-state index >= 15 is 0 Å². The molecule has 0 saturated heterocycles. The largest absolute Gasteiger partial charge is 0.433 e. The Morgan fingerprint density at radius 2 is 2.13 bits per heavy atom. The first kappa shape index (κ1) is 10.2. The van der Waals surface area contributed by atoms with Gasteiger partial charge in [-0.3, -0.25) is 9.89 Å². The highest BCUT2D eigenvalue weighted by Gasteiger charge is 2.54. The van der Waals surface area contributed by atoms with E-state index < -0.39 is 17.3 Å². The summed E-state index contributed by atoms with van der Waals surface area (Å²) in [4.78, 5) is 11.3. The lowest BCUT2D eigenvalue weighted by Crippen LogP contribution is -2.21. The maximum Gasteiger partial charge on any atom is 0.433 e. The first-order valence-corrected chi connectivity index (χ1v) is 4.50. The number of alkyl halides is 3. The van der Waals surface area contributed by atoms with Crippen molar-refractivity contribution in [3.8, 4) is 0 Å². The molecule has 0 amide bonds. The summed E-state index contributed by atoms with van der Waals surface area (Å²) in [6, 6.07) is 0. The molecule has 0 atom stereocenters. The number of nitrogens with zero attached hydrogens (tertiary/aromatic N) is 1. The highest BCUT2D eigenvalue weighted by atomic mass is 19.4. The number of H-pyrrole nitrogens is 1. The number of Topliss-reactive ketones (excluding diaryl/α,β-unsaturated/α-hetero) is 1. The Labute approximate surface area is 83.7 Å². The summed E-state index contributed by atoms with van der Waals surface area (Å²) in [6.07, 6.45) is -2.41. The molecule has 0 bridgehead atoms. The molecule has 0 unspecified atom stereocenters. The second-order valence-corrected chi connectivity index (χ2v) is 3.79. The van der Waals surface area contributed by atoms with E-state index in [4.69, 9.17) is 0 Å². The zero-order valence-corrected chi connectivity index (χ0v) is 7.98. The second-order valence-electron chi connectivity index (χ2n) is 3.79. The number of hydrogen-bond acceptors (Lipinski definition) is 2. The first-order valence-electron chi connectivity index (χ1n) is 4.50. The molecule has 3 nitrogen and oxygen atoms in total. The summed E-state index contributed by atoms with van der Waals surface area (Å²) in [6.45, 7) is 1.32. The van der Waals surface area contributed by atoms with E-state index in [2.05, 4.69) is 5.10 Å². The molecule has 1 aromatic rings. The zero-order valence-electron chi connectivity index (χ0n) is 7.98. The topological polar surface area (TPSA) is 45.8 Å². The molecule has 0 aliphatic heterocycles. The highest BCUT2D eigenvalue weighted by Crippen LogP contribution is 2.51. The van der Waals surface area contributed by atoms with Crippen molar-refractivity contribution >= 4 is 5.78 Å². The third kappa shape index (κ3) is 1.44. The minimum Gasteiger partial charge on any atom is -0.299 e. The van der Waals surface area contributed by atoms with Crippen LogP contribution in [0.25, 0.3) is 0 Å². The van der Waals surface area contributed by atoms with Crippen LogP contribution in [-0.2, 0) is 16.4 Å². The Bertz CT molecular complexity index is 404. The molecule has 1 heterocycles. The molecule has 1 N–H and O–H groups in total. The maximum atomic E-state index is 12.5. The van der Waals surface area contributed by atoms with Crippen LogP contribution < -0.4 is 0 Å². The molecular weight excluding hydrogens is 209 g/mol. The van der Waals surface area contributed by atoms with Crippen molar-refractivity contribution in [2.75, 3.05) is 0 Å². The molecule has 1 fully saturated rings. The minimum atomic E-state index is -4.48. The van der Waals surface area contributed by atoms with Crippen LogP contribution >= 0.6 is 0 Å². The zero-order chi connectivity index (χ0) is 11.3. The third-order valence-electron chi connectivity index (χ3n) is 2.86. The third-order valence-corrected chi connectivity index (χ3v) is 2.86. The number of nitrogens with one attached hydrogen (secondary N) is 1. The van der Waals surface area contributed by atoms with E-state index in [0.29, 0.717) is 12.8 Å². The van der Waals surface area contributed by atoms with Crippen molar-refractivity contribution < 1.29 is 18.0 Å². The average Bonchev–Trinajstić information content (AvgIpc) is 2.75. The molecule has 0 radical (unpaired) electrons. The van der Waals surface area contributed by atoms with Gasteiger partial charge in [-0.1, -0.05) is 0 Å². The number of rotatable bonds is 2. The van der Waals surface area contributed by atoms with Gasteiger partial charge in [0.15, 0.2) is 0 Å². The van der Waals surface area contributed by atoms with Gasteiger partial charge in [-0.25, -0.2) is 0 Å². The molecule has 0 aromatic carbocycles. The van der Waals surface area contributed by atoms with Gasteiger partial charge >= 0.3 is 6.18 Å². The van der Waals surface area contributed by atoms with Gasteiger partial charge < -0.3 is 0 Å². The van der Waals surface area contributed by atoms with Crippen molar-refractivity contribution in [3.63, 3.8) is 0 Å². The fourth-order valence-electron chi connectivity index (χ4n) is 1.80. The van der Waals surface area contributed by atoms with Crippen molar-refractivity contribution in [1.82, 2.24) is 10.2 Å². The lowest BCUT2D eigenvalue weighted by atomic mass is 9.92. The number of carbonyl (C=O) groups is 1. The Morgan fingerprint density at radius 3 is 2.53 bits per heavy atom. The highest BCUT2D eigenvalue weighted by molar-refractivity contribution is 5.91. The van der Waals surface area contributed by atoms with Crippen LogP contribution in [0.3, 0.4) is 0 Å². The smallest absolute Gasteiger partial charge is 0.299 e. The average molecular weight is 218 g/mol. The standard InChI is InChI=1S/C9H9F3N2O/c1-5(15)8(2-3-8)6-4-13-14-7(6)9(10,11)12/h4H,2-3H2,1H3,(H,13,14). The van der Waals surface area contributed by atoms with Crippen LogP contribution in [0.4, 0.5) is 13.2 Å². The van der Waals surface area contributed by atoms with Gasteiger partial charge in [0.25, 0.3) is 0 Å². The van der Waals surface area contributed by atoms with Crippen LogP contribution in [-0.4, -0.2) is 16.0 Å². The molecule has 0 spiro atoms. The number of carbonyl (C=O) groups excluding carboxylic acids is 1. The fraction of sp³-hybridized carbons (Fsp3) is 0.556. The molecule has 1 aliphatic carbocycles. The fourth-order valence-corrected chi connectivity index (χ4v) is 1.80. The van der Waals surface area contributed by atoms with Gasteiger partial charge in [-0.05, 0) is 19.8 Å². The predicted molar refractivity (Wildman–Crippen MR) is 45.2 cm³/mol. The van der Waals surface area contributed by atoms with Gasteiger partial charge in [-0.15, -0.1) is 0 Å². The number of halogens is 3. The van der Waals surface area contributed by atoms with E-state index in [9.17, 15) is 18.0 Å². The van der Waals surface area contributed by atoms with Gasteiger partial charge in [0.1, 0.15) is 11.5 Å². The summed E-state index contributed by atoms with van der Waals surface area (Å²) in [5.41, 5.74) is -1.84. The number of aromatic amines is 1. The first-order chi connectivity index (χ1) is 6.88. The molecular formula is C9H9F3N2O. The van der Waals surface area contributed by atoms with E-state index in [-0.39, 0.29) is 11.3 Å². The van der Waals surface area contributed by atoms with E-state index in [1.807, 2.05) is 5.10 Å². The monoisotopic (exact) mass is 218 g/mol. The molecule has 1 saturated carbocycles. The van der Waals surface area contributed by atoms with Gasteiger partial charge in [-0.2, -0.15) is 18.3 Å². The quantitative estimate of drug-likeness (QED) is 0.825. The van der Waals surface area contributed by atoms with Crippen molar-refractivity contribution in [1.29, 1.82) is 0 Å². The Hall–Kier alpha value is -1.33. The van der Waals surface area contributed by atoms with Crippen LogP contribution in [0.5, 0.6) is 0 Å². The Morgan fingerprint density at radius 1 is 1.53 bits per heavy atom. The Balaban J connectivity index is 2.47. The lowest BCUT2D eigenvalue weighted by Gasteiger charge is -2.13. The Kier molecular flexibility index (Phi) is 1.93. The van der Waals surface area contributed by atoms with E-state index in [1.54, 1.807) is 0 Å². The van der Waals surface area contributed by atoms with E-state index in [1.165, 1.54) is 6.92 Å². The van der Waals surface area contributed by atoms with Crippen LogP contribution in [0.1, 0.15) is 31.0 Å². The minimum absolute atomic E-state index is 0.0116. The molecule has 1 aliphatic rings. The maximum absolute atomic E-state index is 12.5. The SMILES string of the molecule is CC(=O)C1(c2cn[nH]c2C(F)(F)F)CC1. The summed E-state index contributed by atoms with van der Waals surface area (Å²) in [5.74, 6) is -0.227. The summed E-state index contributed by atoms with van der Waals surface area (Å²) in [5, 5.41) is 5.30. The van der Waals surface area contributed by atoms with Crippen LogP contribution in [0.2, 0.25) is 0 Å². The number of aromatic nitrogens is 2. The van der Waals surface area contributed by atoms with Crippen molar-refractivity contribution in [2.24, 2.45) is 0 Å². The van der Waals surface area contributed by atoms with E-state index in [0.717, 1.165) is 6.20 Å². The molecule has 82 valence electrons. The van der Waals surface area contributed by atoms with Gasteiger partial charge in [0.2, 0.25) is 0 Å². The normalized spacial score (nSPS) is 18.9. The number of hydrogen-bond donors (Lipinski definition) is 1. The molecule has 1 aromatic heterocycles. The van der Waals surface area contributed by atoms with Crippen molar-refractivity contribution in [2.45, 2.75) is 31.4 Å². The lowest BCUT2D eigenvalue weighted by molar-refractivity contribution is -0.142. The van der Waals surface area contributed by atoms with Crippen LogP contribution in [0, 0.1) is 0 Å². The molecule has 6 heteroatoms. The van der Waals surface area contributed by atoms with Crippen molar-refractivity contribution in [3.05, 3.63) is 17.5 Å². The van der Waals surface area contributed by atoms with Gasteiger partial charge in [0.05, 0.1) is 11.6 Å². The second kappa shape index (κ2) is 2.84. The molecule has 2 rings (SSSR count). The number of ketones is 1. The summed E-state index contributed by atoms with van der Waals surface area (Å²) < 4.78 is 37.6. The predicted octanol–water partition coefficient (Wildman–Crippen LogP) is 2.05. The summed E-state index contributed by atoms with van der Waals surface area (Å²) >= 11 is 0. The molecule has 15 heavy (non-hydrogen) atoms. The van der Waals surface area contributed by atoms with Crippen LogP contribution in [0.15, 0.2) is 6.20 Å². The summed E-state index contributed by atoms with van der Waals surface area (Å²) in [7, 11) is 0. The van der Waals surface area contributed by atoms with Gasteiger partial charge in [0, 0.05) is 5.56 Å².